The molecule has 3 rings (SSSR count). The second-order valence-corrected chi connectivity index (χ2v) is 5.53. The smallest absolute Gasteiger partial charge is 0.251 e. The predicted octanol–water partition coefficient (Wildman–Crippen LogP) is 3.87. The molecule has 120 valence electrons. The van der Waals surface area contributed by atoms with Crippen LogP contribution in [0.5, 0.6) is 0 Å². The highest BCUT2D eigenvalue weighted by molar-refractivity contribution is 6.30. The average molecular weight is 342 g/mol. The van der Waals surface area contributed by atoms with Crippen LogP contribution in [0.3, 0.4) is 0 Å². The van der Waals surface area contributed by atoms with Crippen molar-refractivity contribution in [1.29, 1.82) is 0 Å². The van der Waals surface area contributed by atoms with Crippen LogP contribution in [0.2, 0.25) is 5.02 Å². The number of hydrogen-bond acceptors (Lipinski definition) is 3. The summed E-state index contributed by atoms with van der Waals surface area (Å²) in [5.41, 5.74) is 2.58. The molecular formula is C18H13ClFN3O. The molecule has 0 saturated carbocycles. The SMILES string of the molecule is O=C(NCc1cc(-c2ccc(F)cc2)ncn1)c1cccc(Cl)c1. The molecule has 0 aliphatic rings. The zero-order valence-corrected chi connectivity index (χ0v) is 13.3. The minimum atomic E-state index is -0.304. The van der Waals surface area contributed by atoms with Gasteiger partial charge in [0.1, 0.15) is 12.1 Å². The Kier molecular flexibility index (Phi) is 4.82. The Bertz CT molecular complexity index is 868. The number of carbonyl (C=O) groups excluding carboxylic acids is 1. The monoisotopic (exact) mass is 341 g/mol. The second-order valence-electron chi connectivity index (χ2n) is 5.09. The van der Waals surface area contributed by atoms with E-state index >= 15 is 0 Å². The average Bonchev–Trinajstić information content (AvgIpc) is 2.60. The molecule has 1 N–H and O–H groups in total. The van der Waals surface area contributed by atoms with E-state index in [9.17, 15) is 9.18 Å². The molecule has 0 atom stereocenters. The van der Waals surface area contributed by atoms with Gasteiger partial charge < -0.3 is 5.32 Å². The Morgan fingerprint density at radius 3 is 2.62 bits per heavy atom. The van der Waals surface area contributed by atoms with Crippen molar-refractivity contribution < 1.29 is 9.18 Å². The van der Waals surface area contributed by atoms with E-state index in [0.29, 0.717) is 22.0 Å². The fourth-order valence-corrected chi connectivity index (χ4v) is 2.37. The first-order valence-electron chi connectivity index (χ1n) is 7.22. The van der Waals surface area contributed by atoms with Crippen LogP contribution in [-0.4, -0.2) is 15.9 Å². The van der Waals surface area contributed by atoms with Crippen LogP contribution >= 0.6 is 11.6 Å². The molecule has 1 heterocycles. The number of halogens is 2. The van der Waals surface area contributed by atoms with Crippen molar-refractivity contribution in [3.05, 3.63) is 83.0 Å². The third kappa shape index (κ3) is 3.94. The van der Waals surface area contributed by atoms with Gasteiger partial charge in [0.05, 0.1) is 17.9 Å². The minimum absolute atomic E-state index is 0.237. The Hall–Kier alpha value is -2.79. The molecule has 4 nitrogen and oxygen atoms in total. The molecule has 1 aromatic heterocycles. The fraction of sp³-hybridized carbons (Fsp3) is 0.0556. The van der Waals surface area contributed by atoms with Gasteiger partial charge in [0.2, 0.25) is 0 Å². The van der Waals surface area contributed by atoms with Crippen molar-refractivity contribution in [1.82, 2.24) is 15.3 Å². The highest BCUT2D eigenvalue weighted by Gasteiger charge is 2.07. The lowest BCUT2D eigenvalue weighted by atomic mass is 10.1. The van der Waals surface area contributed by atoms with Crippen molar-refractivity contribution in [2.45, 2.75) is 6.54 Å². The molecule has 0 saturated heterocycles. The topological polar surface area (TPSA) is 54.9 Å². The number of nitrogens with zero attached hydrogens (tertiary/aromatic N) is 2. The quantitative estimate of drug-likeness (QED) is 0.783. The van der Waals surface area contributed by atoms with Crippen LogP contribution in [0.15, 0.2) is 60.9 Å². The van der Waals surface area contributed by atoms with Gasteiger partial charge in [0.25, 0.3) is 5.91 Å². The molecule has 0 aliphatic heterocycles. The Morgan fingerprint density at radius 2 is 1.88 bits per heavy atom. The number of hydrogen-bond donors (Lipinski definition) is 1. The summed E-state index contributed by atoms with van der Waals surface area (Å²) in [6.07, 6.45) is 1.42. The molecular weight excluding hydrogens is 329 g/mol. The summed E-state index contributed by atoms with van der Waals surface area (Å²) in [4.78, 5) is 20.4. The van der Waals surface area contributed by atoms with Crippen molar-refractivity contribution in [2.75, 3.05) is 0 Å². The van der Waals surface area contributed by atoms with Gasteiger partial charge in [-0.15, -0.1) is 0 Å². The van der Waals surface area contributed by atoms with Crippen molar-refractivity contribution >= 4 is 17.5 Å². The number of amides is 1. The summed E-state index contributed by atoms with van der Waals surface area (Å²) in [5.74, 6) is -0.541. The lowest BCUT2D eigenvalue weighted by molar-refractivity contribution is 0.0950. The van der Waals surface area contributed by atoms with Crippen LogP contribution < -0.4 is 5.32 Å². The third-order valence-corrected chi connectivity index (χ3v) is 3.62. The van der Waals surface area contributed by atoms with E-state index in [2.05, 4.69) is 15.3 Å². The summed E-state index contributed by atoms with van der Waals surface area (Å²) < 4.78 is 13.0. The van der Waals surface area contributed by atoms with E-state index in [1.54, 1.807) is 42.5 Å². The molecule has 0 unspecified atom stereocenters. The summed E-state index contributed by atoms with van der Waals surface area (Å²) in [7, 11) is 0. The van der Waals surface area contributed by atoms with Gasteiger partial charge in [-0.05, 0) is 48.5 Å². The Balaban J connectivity index is 1.71. The van der Waals surface area contributed by atoms with Gasteiger partial charge in [-0.2, -0.15) is 0 Å². The van der Waals surface area contributed by atoms with Gasteiger partial charge in [0, 0.05) is 16.1 Å². The first-order valence-corrected chi connectivity index (χ1v) is 7.60. The van der Waals surface area contributed by atoms with E-state index < -0.39 is 0 Å². The lowest BCUT2D eigenvalue weighted by Gasteiger charge is -2.07. The second kappa shape index (κ2) is 7.19. The molecule has 1 amide bonds. The summed E-state index contributed by atoms with van der Waals surface area (Å²) >= 11 is 5.88. The van der Waals surface area contributed by atoms with Gasteiger partial charge >= 0.3 is 0 Å². The number of rotatable bonds is 4. The zero-order chi connectivity index (χ0) is 16.9. The molecule has 0 spiro atoms. The summed E-state index contributed by atoms with van der Waals surface area (Å²) in [5, 5.41) is 3.29. The first kappa shape index (κ1) is 16.1. The molecule has 0 radical (unpaired) electrons. The lowest BCUT2D eigenvalue weighted by Crippen LogP contribution is -2.23. The van der Waals surface area contributed by atoms with Crippen LogP contribution in [-0.2, 0) is 6.54 Å². The standard InChI is InChI=1S/C18H13ClFN3O/c19-14-3-1-2-13(8-14)18(24)21-10-16-9-17(23-11-22-16)12-4-6-15(20)7-5-12/h1-9,11H,10H2,(H,21,24). The maximum atomic E-state index is 13.0. The minimum Gasteiger partial charge on any atom is -0.346 e. The molecule has 3 aromatic rings. The normalized spacial score (nSPS) is 10.4. The molecule has 6 heteroatoms. The summed E-state index contributed by atoms with van der Waals surface area (Å²) in [6, 6.07) is 14.5. The van der Waals surface area contributed by atoms with E-state index in [1.165, 1.54) is 18.5 Å². The van der Waals surface area contributed by atoms with E-state index in [4.69, 9.17) is 11.6 Å². The number of nitrogens with one attached hydrogen (secondary N) is 1. The van der Waals surface area contributed by atoms with Crippen molar-refractivity contribution in [3.63, 3.8) is 0 Å². The van der Waals surface area contributed by atoms with Gasteiger partial charge in [-0.1, -0.05) is 17.7 Å². The van der Waals surface area contributed by atoms with Crippen LogP contribution in [0.4, 0.5) is 4.39 Å². The van der Waals surface area contributed by atoms with E-state index in [1.807, 2.05) is 0 Å². The fourth-order valence-electron chi connectivity index (χ4n) is 2.18. The van der Waals surface area contributed by atoms with Gasteiger partial charge in [-0.25, -0.2) is 14.4 Å². The third-order valence-electron chi connectivity index (χ3n) is 3.38. The summed E-state index contributed by atoms with van der Waals surface area (Å²) in [6.45, 7) is 0.252. The molecule has 2 aromatic carbocycles. The van der Waals surface area contributed by atoms with Crippen LogP contribution in [0, 0.1) is 5.82 Å². The number of aromatic nitrogens is 2. The molecule has 0 aliphatic carbocycles. The number of benzene rings is 2. The van der Waals surface area contributed by atoms with Crippen molar-refractivity contribution in [3.8, 4) is 11.3 Å². The molecule has 24 heavy (non-hydrogen) atoms. The van der Waals surface area contributed by atoms with Crippen LogP contribution in [0.1, 0.15) is 16.1 Å². The molecule has 0 fully saturated rings. The zero-order valence-electron chi connectivity index (χ0n) is 12.5. The largest absolute Gasteiger partial charge is 0.346 e. The van der Waals surface area contributed by atoms with E-state index in [0.717, 1.165) is 5.56 Å². The highest BCUT2D eigenvalue weighted by Crippen LogP contribution is 2.17. The first-order chi connectivity index (χ1) is 11.6. The van der Waals surface area contributed by atoms with Gasteiger partial charge in [0.15, 0.2) is 0 Å². The maximum Gasteiger partial charge on any atom is 0.251 e. The number of carbonyl (C=O) groups is 1. The Morgan fingerprint density at radius 1 is 1.08 bits per heavy atom. The molecule has 0 bridgehead atoms. The van der Waals surface area contributed by atoms with Crippen molar-refractivity contribution in [2.24, 2.45) is 0 Å². The van der Waals surface area contributed by atoms with Gasteiger partial charge in [-0.3, -0.25) is 4.79 Å². The maximum absolute atomic E-state index is 13.0. The highest BCUT2D eigenvalue weighted by atomic mass is 35.5. The predicted molar refractivity (Wildman–Crippen MR) is 90.0 cm³/mol. The Labute approximate surface area is 143 Å². The van der Waals surface area contributed by atoms with E-state index in [-0.39, 0.29) is 18.3 Å². The van der Waals surface area contributed by atoms with Crippen LogP contribution in [0.25, 0.3) is 11.3 Å².